The molecule has 0 fully saturated rings. The summed E-state index contributed by atoms with van der Waals surface area (Å²) in [4.78, 5) is 0. The molecule has 0 bridgehead atoms. The molecule has 0 aromatic heterocycles. The molecule has 0 spiro atoms. The molecule has 2 aromatic carbocycles. The lowest BCUT2D eigenvalue weighted by atomic mass is 9.91. The van der Waals surface area contributed by atoms with Crippen molar-refractivity contribution in [3.63, 3.8) is 0 Å². The second-order valence-electron chi connectivity index (χ2n) is 6.28. The number of aliphatic hydroxyl groups excluding tert-OH is 1. The van der Waals surface area contributed by atoms with E-state index in [0.29, 0.717) is 12.5 Å². The second-order valence-corrected chi connectivity index (χ2v) is 6.28. The Kier molecular flexibility index (Phi) is 7.18. The van der Waals surface area contributed by atoms with Crippen molar-refractivity contribution in [1.82, 2.24) is 0 Å². The Bertz CT molecular complexity index is 515. The Morgan fingerprint density at radius 2 is 1.45 bits per heavy atom. The van der Waals surface area contributed by atoms with E-state index in [0.717, 1.165) is 19.3 Å². The average Bonchev–Trinajstić information content (AvgIpc) is 2.55. The van der Waals surface area contributed by atoms with E-state index >= 15 is 0 Å². The maximum atomic E-state index is 9.28. The van der Waals surface area contributed by atoms with Crippen molar-refractivity contribution in [1.29, 1.82) is 0 Å². The summed E-state index contributed by atoms with van der Waals surface area (Å²) in [5.41, 5.74) is 4.16. The summed E-state index contributed by atoms with van der Waals surface area (Å²) in [6, 6.07) is 19.5. The van der Waals surface area contributed by atoms with Gasteiger partial charge in [0.1, 0.15) is 0 Å². The normalized spacial score (nSPS) is 12.3. The van der Waals surface area contributed by atoms with Gasteiger partial charge in [-0.15, -0.1) is 0 Å². The van der Waals surface area contributed by atoms with Gasteiger partial charge < -0.3 is 5.11 Å². The lowest BCUT2D eigenvalue weighted by Gasteiger charge is -2.16. The molecule has 118 valence electrons. The minimum Gasteiger partial charge on any atom is -0.396 e. The fourth-order valence-electron chi connectivity index (χ4n) is 2.98. The van der Waals surface area contributed by atoms with Crippen LogP contribution >= 0.6 is 0 Å². The van der Waals surface area contributed by atoms with Crippen molar-refractivity contribution >= 4 is 0 Å². The number of rotatable bonds is 9. The smallest absolute Gasteiger partial charge is 0.0433 e. The number of aliphatic hydroxyl groups is 1. The molecule has 0 saturated carbocycles. The predicted octanol–water partition coefficient (Wildman–Crippen LogP) is 4.95. The van der Waals surface area contributed by atoms with Crippen LogP contribution in [0.2, 0.25) is 0 Å². The van der Waals surface area contributed by atoms with Crippen LogP contribution in [0, 0.1) is 12.8 Å². The molecule has 2 rings (SSSR count). The largest absolute Gasteiger partial charge is 0.396 e. The molecular weight excluding hydrogens is 268 g/mol. The third-order valence-corrected chi connectivity index (χ3v) is 4.42. The molecule has 22 heavy (non-hydrogen) atoms. The quantitative estimate of drug-likeness (QED) is 0.694. The van der Waals surface area contributed by atoms with Crippen LogP contribution in [-0.2, 0) is 12.8 Å². The van der Waals surface area contributed by atoms with Gasteiger partial charge in [-0.2, -0.15) is 0 Å². The zero-order chi connectivity index (χ0) is 15.6. The second kappa shape index (κ2) is 9.42. The van der Waals surface area contributed by atoms with Crippen molar-refractivity contribution in [3.05, 3.63) is 71.3 Å². The number of hydrogen-bond acceptors (Lipinski definition) is 1. The van der Waals surface area contributed by atoms with Gasteiger partial charge in [-0.3, -0.25) is 0 Å². The number of benzene rings is 2. The van der Waals surface area contributed by atoms with Gasteiger partial charge in [0, 0.05) is 6.61 Å². The summed E-state index contributed by atoms with van der Waals surface area (Å²) >= 11 is 0. The van der Waals surface area contributed by atoms with Crippen LogP contribution in [0.3, 0.4) is 0 Å². The molecule has 1 unspecified atom stereocenters. The van der Waals surface area contributed by atoms with Crippen LogP contribution in [0.5, 0.6) is 0 Å². The summed E-state index contributed by atoms with van der Waals surface area (Å²) in [6.45, 7) is 2.44. The van der Waals surface area contributed by atoms with E-state index in [1.165, 1.54) is 36.0 Å². The van der Waals surface area contributed by atoms with Crippen LogP contribution in [0.4, 0.5) is 0 Å². The van der Waals surface area contributed by atoms with Crippen LogP contribution < -0.4 is 0 Å². The van der Waals surface area contributed by atoms with Gasteiger partial charge in [-0.1, -0.05) is 66.6 Å². The number of hydrogen-bond donors (Lipinski definition) is 1. The zero-order valence-electron chi connectivity index (χ0n) is 13.7. The van der Waals surface area contributed by atoms with Gasteiger partial charge in [-0.25, -0.2) is 0 Å². The molecule has 0 aliphatic heterocycles. The van der Waals surface area contributed by atoms with Crippen molar-refractivity contribution in [2.75, 3.05) is 6.61 Å². The van der Waals surface area contributed by atoms with Gasteiger partial charge in [0.15, 0.2) is 0 Å². The van der Waals surface area contributed by atoms with Crippen molar-refractivity contribution in [3.8, 4) is 0 Å². The topological polar surface area (TPSA) is 20.2 Å². The minimum atomic E-state index is 0.310. The Balaban J connectivity index is 1.75. The van der Waals surface area contributed by atoms with E-state index in [1.54, 1.807) is 0 Å². The molecule has 1 heteroatoms. The average molecular weight is 296 g/mol. The van der Waals surface area contributed by atoms with Crippen molar-refractivity contribution in [2.24, 2.45) is 5.92 Å². The fourth-order valence-corrected chi connectivity index (χ4v) is 2.98. The first-order chi connectivity index (χ1) is 10.8. The number of aryl methyl sites for hydroxylation is 3. The first-order valence-electron chi connectivity index (χ1n) is 8.48. The molecule has 1 atom stereocenters. The lowest BCUT2D eigenvalue weighted by molar-refractivity contribution is 0.245. The van der Waals surface area contributed by atoms with Crippen LogP contribution in [0.25, 0.3) is 0 Å². The van der Waals surface area contributed by atoms with Crippen molar-refractivity contribution < 1.29 is 5.11 Å². The van der Waals surface area contributed by atoms with E-state index in [2.05, 4.69) is 61.5 Å². The fraction of sp³-hybridized carbons (Fsp3) is 0.429. The standard InChI is InChI=1S/C21H28O/c1-18-10-12-20(13-11-18)8-5-9-21(16-17-22)15-14-19-6-3-2-4-7-19/h2-4,6-7,10-13,21-22H,5,8-9,14-17H2,1H3. The van der Waals surface area contributed by atoms with E-state index in [-0.39, 0.29) is 0 Å². The Morgan fingerprint density at radius 1 is 0.773 bits per heavy atom. The van der Waals surface area contributed by atoms with Gasteiger partial charge in [0.25, 0.3) is 0 Å². The van der Waals surface area contributed by atoms with E-state index in [1.807, 2.05) is 0 Å². The third kappa shape index (κ3) is 6.03. The van der Waals surface area contributed by atoms with Crippen LogP contribution in [-0.4, -0.2) is 11.7 Å². The van der Waals surface area contributed by atoms with Gasteiger partial charge in [-0.05, 0) is 56.1 Å². The van der Waals surface area contributed by atoms with Crippen LogP contribution in [0.15, 0.2) is 54.6 Å². The molecule has 0 amide bonds. The molecule has 0 aliphatic carbocycles. The third-order valence-electron chi connectivity index (χ3n) is 4.42. The highest BCUT2D eigenvalue weighted by atomic mass is 16.3. The maximum absolute atomic E-state index is 9.28. The molecular formula is C21H28O. The van der Waals surface area contributed by atoms with Gasteiger partial charge >= 0.3 is 0 Å². The summed E-state index contributed by atoms with van der Waals surface area (Å²) in [6.07, 6.45) is 6.80. The summed E-state index contributed by atoms with van der Waals surface area (Å²) in [5.74, 6) is 0.635. The Hall–Kier alpha value is -1.60. The molecule has 0 radical (unpaired) electrons. The molecule has 0 saturated heterocycles. The highest BCUT2D eigenvalue weighted by Gasteiger charge is 2.08. The van der Waals surface area contributed by atoms with Crippen molar-refractivity contribution in [2.45, 2.75) is 45.4 Å². The Morgan fingerprint density at radius 3 is 2.14 bits per heavy atom. The minimum absolute atomic E-state index is 0.310. The summed E-state index contributed by atoms with van der Waals surface area (Å²) in [7, 11) is 0. The lowest BCUT2D eigenvalue weighted by Crippen LogP contribution is -2.06. The van der Waals surface area contributed by atoms with E-state index < -0.39 is 0 Å². The van der Waals surface area contributed by atoms with E-state index in [9.17, 15) is 5.11 Å². The predicted molar refractivity (Wildman–Crippen MR) is 94.1 cm³/mol. The summed E-state index contributed by atoms with van der Waals surface area (Å²) in [5, 5.41) is 9.28. The highest BCUT2D eigenvalue weighted by Crippen LogP contribution is 2.20. The highest BCUT2D eigenvalue weighted by molar-refractivity contribution is 5.21. The molecule has 0 aliphatic rings. The van der Waals surface area contributed by atoms with Gasteiger partial charge in [0.05, 0.1) is 0 Å². The molecule has 2 aromatic rings. The SMILES string of the molecule is Cc1ccc(CCCC(CCO)CCc2ccccc2)cc1. The molecule has 1 nitrogen and oxygen atoms in total. The molecule has 1 N–H and O–H groups in total. The molecule has 0 heterocycles. The first-order valence-corrected chi connectivity index (χ1v) is 8.48. The Labute approximate surface area is 135 Å². The first kappa shape index (κ1) is 16.8. The van der Waals surface area contributed by atoms with E-state index in [4.69, 9.17) is 0 Å². The maximum Gasteiger partial charge on any atom is 0.0433 e. The van der Waals surface area contributed by atoms with Gasteiger partial charge in [0.2, 0.25) is 0 Å². The monoisotopic (exact) mass is 296 g/mol. The summed E-state index contributed by atoms with van der Waals surface area (Å²) < 4.78 is 0. The zero-order valence-corrected chi connectivity index (χ0v) is 13.7. The van der Waals surface area contributed by atoms with Crippen LogP contribution in [0.1, 0.15) is 42.4 Å².